The van der Waals surface area contributed by atoms with Gasteiger partial charge in [0.1, 0.15) is 11.5 Å². The molecule has 4 rings (SSSR count). The summed E-state index contributed by atoms with van der Waals surface area (Å²) in [6, 6.07) is 26.6. The van der Waals surface area contributed by atoms with Crippen molar-refractivity contribution >= 4 is 51.2 Å². The number of nitrogens with zero attached hydrogens (tertiary/aromatic N) is 2. The standard InChI is InChI=1S/C32H32N6O7S/c1-23(39)35-26-12-16-29(17-13-26)46(43,44)38(19-18-24-8-4-2-5-9-24)22-30(40)37-34-21-28-15-14-27(45-28)20-33-31(41)32(42)36-25-10-6-3-7-11-25/h2-17,21H,18-20,22H2,1H3,(H,33,41)(H,35,39)(H,36,42)(H,37,40)/b34-21-. The van der Waals surface area contributed by atoms with Gasteiger partial charge < -0.3 is 20.4 Å². The number of carbonyl (C=O) groups excluding carboxylic acids is 4. The van der Waals surface area contributed by atoms with Crippen molar-refractivity contribution in [3.05, 3.63) is 114 Å². The van der Waals surface area contributed by atoms with Gasteiger partial charge in [0.25, 0.3) is 5.91 Å². The number of hydrogen-bond acceptors (Lipinski definition) is 8. The summed E-state index contributed by atoms with van der Waals surface area (Å²) in [6.45, 7) is 0.785. The summed E-state index contributed by atoms with van der Waals surface area (Å²) in [5.41, 5.74) is 4.12. The lowest BCUT2D eigenvalue weighted by Gasteiger charge is -2.21. The van der Waals surface area contributed by atoms with Gasteiger partial charge in [0.05, 0.1) is 24.2 Å². The largest absolute Gasteiger partial charge is 0.458 e. The Hall–Kier alpha value is -5.60. The van der Waals surface area contributed by atoms with Gasteiger partial charge in [-0.2, -0.15) is 9.41 Å². The normalized spacial score (nSPS) is 11.3. The first kappa shape index (κ1) is 33.3. The Morgan fingerprint density at radius 1 is 0.804 bits per heavy atom. The van der Waals surface area contributed by atoms with Crippen LogP contribution in [0.3, 0.4) is 0 Å². The molecule has 0 radical (unpaired) electrons. The van der Waals surface area contributed by atoms with Crippen LogP contribution in [0.15, 0.2) is 111 Å². The summed E-state index contributed by atoms with van der Waals surface area (Å²) < 4.78 is 33.6. The highest BCUT2D eigenvalue weighted by Gasteiger charge is 2.26. The molecule has 14 heteroatoms. The fraction of sp³-hybridized carbons (Fsp3) is 0.156. The van der Waals surface area contributed by atoms with Crippen molar-refractivity contribution in [2.45, 2.75) is 24.8 Å². The lowest BCUT2D eigenvalue weighted by Crippen LogP contribution is -2.40. The number of hydrazone groups is 1. The van der Waals surface area contributed by atoms with Gasteiger partial charge in [-0.15, -0.1) is 0 Å². The van der Waals surface area contributed by atoms with E-state index >= 15 is 0 Å². The number of carbonyl (C=O) groups is 4. The van der Waals surface area contributed by atoms with Gasteiger partial charge in [0, 0.05) is 24.8 Å². The van der Waals surface area contributed by atoms with Crippen molar-refractivity contribution in [1.29, 1.82) is 0 Å². The highest BCUT2D eigenvalue weighted by atomic mass is 32.2. The van der Waals surface area contributed by atoms with Gasteiger partial charge in [-0.3, -0.25) is 19.2 Å². The number of furan rings is 1. The lowest BCUT2D eigenvalue weighted by atomic mass is 10.1. The van der Waals surface area contributed by atoms with Gasteiger partial charge >= 0.3 is 11.8 Å². The Bertz CT molecular complexity index is 1790. The van der Waals surface area contributed by atoms with E-state index in [1.807, 2.05) is 30.3 Å². The molecule has 4 amide bonds. The molecule has 0 saturated heterocycles. The smallest absolute Gasteiger partial charge is 0.313 e. The molecule has 46 heavy (non-hydrogen) atoms. The summed E-state index contributed by atoms with van der Waals surface area (Å²) in [6.07, 6.45) is 1.58. The minimum absolute atomic E-state index is 0.0214. The fourth-order valence-corrected chi connectivity index (χ4v) is 5.52. The average molecular weight is 645 g/mol. The molecule has 0 unspecified atom stereocenters. The number of benzene rings is 3. The van der Waals surface area contributed by atoms with Crippen LogP contribution < -0.4 is 21.4 Å². The molecule has 1 heterocycles. The molecular formula is C32H32N6O7S. The van der Waals surface area contributed by atoms with E-state index in [9.17, 15) is 27.6 Å². The maximum absolute atomic E-state index is 13.5. The van der Waals surface area contributed by atoms with Crippen LogP contribution in [-0.2, 0) is 42.2 Å². The van der Waals surface area contributed by atoms with E-state index in [1.54, 1.807) is 42.5 Å². The fourth-order valence-electron chi connectivity index (χ4n) is 4.12. The molecule has 0 atom stereocenters. The Balaban J connectivity index is 1.33. The highest BCUT2D eigenvalue weighted by Crippen LogP contribution is 2.19. The van der Waals surface area contributed by atoms with Crippen molar-refractivity contribution in [3.8, 4) is 0 Å². The van der Waals surface area contributed by atoms with Gasteiger partial charge in [0.15, 0.2) is 0 Å². The van der Waals surface area contributed by atoms with Crippen LogP contribution in [0.1, 0.15) is 24.0 Å². The molecular weight excluding hydrogens is 612 g/mol. The molecule has 13 nitrogen and oxygen atoms in total. The zero-order chi connectivity index (χ0) is 32.9. The van der Waals surface area contributed by atoms with E-state index in [2.05, 4.69) is 26.5 Å². The quantitative estimate of drug-likeness (QED) is 0.0982. The number of nitrogens with one attached hydrogen (secondary N) is 4. The molecule has 0 aliphatic rings. The topological polar surface area (TPSA) is 179 Å². The molecule has 0 bridgehead atoms. The van der Waals surface area contributed by atoms with E-state index in [0.717, 1.165) is 9.87 Å². The molecule has 0 aliphatic heterocycles. The number of anilines is 2. The average Bonchev–Trinajstić information content (AvgIpc) is 3.50. The predicted molar refractivity (Wildman–Crippen MR) is 171 cm³/mol. The van der Waals surface area contributed by atoms with Crippen LogP contribution in [0.2, 0.25) is 0 Å². The first-order chi connectivity index (χ1) is 22.1. The zero-order valence-electron chi connectivity index (χ0n) is 24.8. The molecule has 4 N–H and O–H groups in total. The third-order valence-corrected chi connectivity index (χ3v) is 8.21. The van der Waals surface area contributed by atoms with Crippen LogP contribution in [-0.4, -0.2) is 55.7 Å². The SMILES string of the molecule is CC(=O)Nc1ccc(S(=O)(=O)N(CCc2ccccc2)CC(=O)N/N=C\c2ccc(CNC(=O)C(=O)Nc3ccccc3)o2)cc1. The lowest BCUT2D eigenvalue weighted by molar-refractivity contribution is -0.136. The molecule has 238 valence electrons. The first-order valence-electron chi connectivity index (χ1n) is 14.1. The van der Waals surface area contributed by atoms with Crippen LogP contribution in [0.4, 0.5) is 11.4 Å². The van der Waals surface area contributed by atoms with E-state index in [0.29, 0.717) is 23.6 Å². The monoisotopic (exact) mass is 644 g/mol. The Morgan fingerprint density at radius 2 is 1.46 bits per heavy atom. The Morgan fingerprint density at radius 3 is 2.13 bits per heavy atom. The Kier molecular flexibility index (Phi) is 11.5. The summed E-state index contributed by atoms with van der Waals surface area (Å²) in [4.78, 5) is 48.2. The van der Waals surface area contributed by atoms with Gasteiger partial charge in [0.2, 0.25) is 15.9 Å². The second-order valence-electron chi connectivity index (χ2n) is 9.88. The maximum atomic E-state index is 13.5. The highest BCUT2D eigenvalue weighted by molar-refractivity contribution is 7.89. The third-order valence-electron chi connectivity index (χ3n) is 6.35. The second-order valence-corrected chi connectivity index (χ2v) is 11.8. The van der Waals surface area contributed by atoms with Crippen LogP contribution in [0.25, 0.3) is 0 Å². The maximum Gasteiger partial charge on any atom is 0.313 e. The van der Waals surface area contributed by atoms with E-state index in [-0.39, 0.29) is 29.7 Å². The van der Waals surface area contributed by atoms with Gasteiger partial charge in [-0.25, -0.2) is 13.8 Å². The summed E-state index contributed by atoms with van der Waals surface area (Å²) in [5.74, 6) is -2.09. The van der Waals surface area contributed by atoms with Crippen molar-refractivity contribution in [3.63, 3.8) is 0 Å². The van der Waals surface area contributed by atoms with Gasteiger partial charge in [-0.05, 0) is 60.5 Å². The molecule has 3 aromatic carbocycles. The van der Waals surface area contributed by atoms with Crippen LogP contribution >= 0.6 is 0 Å². The summed E-state index contributed by atoms with van der Waals surface area (Å²) in [7, 11) is -4.10. The van der Waals surface area contributed by atoms with Crippen LogP contribution in [0.5, 0.6) is 0 Å². The molecule has 1 aromatic heterocycles. The molecule has 0 spiro atoms. The van der Waals surface area contributed by atoms with Crippen molar-refractivity contribution < 1.29 is 32.0 Å². The minimum atomic E-state index is -4.10. The van der Waals surface area contributed by atoms with Crippen molar-refractivity contribution in [2.75, 3.05) is 23.7 Å². The van der Waals surface area contributed by atoms with Crippen molar-refractivity contribution in [1.82, 2.24) is 15.0 Å². The predicted octanol–water partition coefficient (Wildman–Crippen LogP) is 2.88. The number of amides is 4. The molecule has 4 aromatic rings. The van der Waals surface area contributed by atoms with Crippen LogP contribution in [0, 0.1) is 0 Å². The second kappa shape index (κ2) is 15.9. The molecule has 0 saturated carbocycles. The molecule has 0 aliphatic carbocycles. The third kappa shape index (κ3) is 9.97. The number of hydrogen-bond donors (Lipinski definition) is 4. The number of sulfonamides is 1. The number of rotatable bonds is 13. The number of para-hydroxylation sites is 1. The zero-order valence-corrected chi connectivity index (χ0v) is 25.6. The van der Waals surface area contributed by atoms with E-state index < -0.39 is 34.3 Å². The van der Waals surface area contributed by atoms with E-state index in [4.69, 9.17) is 4.42 Å². The van der Waals surface area contributed by atoms with Gasteiger partial charge in [-0.1, -0.05) is 48.5 Å². The van der Waals surface area contributed by atoms with Crippen molar-refractivity contribution in [2.24, 2.45) is 5.10 Å². The van der Waals surface area contributed by atoms with E-state index in [1.165, 1.54) is 37.4 Å². The summed E-state index contributed by atoms with van der Waals surface area (Å²) in [5, 5.41) is 11.4. The summed E-state index contributed by atoms with van der Waals surface area (Å²) >= 11 is 0. The Labute approximate surface area is 265 Å². The molecule has 0 fully saturated rings. The minimum Gasteiger partial charge on any atom is -0.458 e. The first-order valence-corrected chi connectivity index (χ1v) is 15.5.